The van der Waals surface area contributed by atoms with E-state index in [0.717, 1.165) is 12.0 Å². The Balaban J connectivity index is 0. The SMILES string of the molecule is C=C(C)CC(=C)N.CC. The molecule has 0 fully saturated rings. The third-order valence-corrected chi connectivity index (χ3v) is 0.529. The van der Waals surface area contributed by atoms with Crippen LogP contribution in [-0.4, -0.2) is 0 Å². The van der Waals surface area contributed by atoms with Crippen LogP contribution in [-0.2, 0) is 0 Å². The van der Waals surface area contributed by atoms with Gasteiger partial charge in [-0.05, 0) is 6.92 Å². The summed E-state index contributed by atoms with van der Waals surface area (Å²) in [5.41, 5.74) is 6.99. The molecule has 0 rings (SSSR count). The molecule has 0 radical (unpaired) electrons. The van der Waals surface area contributed by atoms with Gasteiger partial charge in [0, 0.05) is 12.1 Å². The molecule has 0 saturated carbocycles. The van der Waals surface area contributed by atoms with Gasteiger partial charge < -0.3 is 5.73 Å². The summed E-state index contributed by atoms with van der Waals surface area (Å²) in [7, 11) is 0. The summed E-state index contributed by atoms with van der Waals surface area (Å²) in [6, 6.07) is 0. The summed E-state index contributed by atoms with van der Waals surface area (Å²) in [5, 5.41) is 0. The summed E-state index contributed by atoms with van der Waals surface area (Å²) >= 11 is 0. The van der Waals surface area contributed by atoms with Crippen LogP contribution in [0.3, 0.4) is 0 Å². The highest BCUT2D eigenvalue weighted by Gasteiger charge is 1.82. The third-order valence-electron chi connectivity index (χ3n) is 0.529. The summed E-state index contributed by atoms with van der Waals surface area (Å²) in [4.78, 5) is 0. The van der Waals surface area contributed by atoms with E-state index in [1.807, 2.05) is 20.8 Å². The van der Waals surface area contributed by atoms with Crippen molar-refractivity contribution in [3.8, 4) is 0 Å². The second kappa shape index (κ2) is 7.28. The van der Waals surface area contributed by atoms with Crippen molar-refractivity contribution < 1.29 is 0 Å². The van der Waals surface area contributed by atoms with E-state index in [4.69, 9.17) is 5.73 Å². The summed E-state index contributed by atoms with van der Waals surface area (Å²) in [6.07, 6.45) is 0.750. The topological polar surface area (TPSA) is 26.0 Å². The van der Waals surface area contributed by atoms with Gasteiger partial charge in [-0.1, -0.05) is 32.6 Å². The average molecular weight is 127 g/mol. The number of rotatable bonds is 2. The lowest BCUT2D eigenvalue weighted by atomic mass is 10.2. The Morgan fingerprint density at radius 3 is 1.67 bits per heavy atom. The minimum absolute atomic E-state index is 0.688. The molecule has 0 aromatic heterocycles. The fourth-order valence-electron chi connectivity index (χ4n) is 0.388. The van der Waals surface area contributed by atoms with E-state index in [1.54, 1.807) is 0 Å². The zero-order chi connectivity index (χ0) is 7.86. The Morgan fingerprint density at radius 2 is 1.67 bits per heavy atom. The van der Waals surface area contributed by atoms with Gasteiger partial charge in [-0.2, -0.15) is 0 Å². The molecular formula is C8H17N. The van der Waals surface area contributed by atoms with Crippen molar-refractivity contribution in [2.75, 3.05) is 0 Å². The van der Waals surface area contributed by atoms with E-state index in [2.05, 4.69) is 13.2 Å². The molecule has 0 aromatic rings. The molecule has 0 aromatic carbocycles. The Bertz CT molecular complexity index is 80.7. The van der Waals surface area contributed by atoms with Crippen LogP contribution < -0.4 is 5.73 Å². The Morgan fingerprint density at radius 1 is 1.33 bits per heavy atom. The van der Waals surface area contributed by atoms with Crippen molar-refractivity contribution in [1.82, 2.24) is 0 Å². The Kier molecular flexibility index (Phi) is 9.00. The van der Waals surface area contributed by atoms with Gasteiger partial charge in [0.2, 0.25) is 0 Å². The number of nitrogens with two attached hydrogens (primary N) is 1. The van der Waals surface area contributed by atoms with Crippen molar-refractivity contribution in [3.63, 3.8) is 0 Å². The zero-order valence-electron chi connectivity index (χ0n) is 6.70. The summed E-state index contributed by atoms with van der Waals surface area (Å²) in [6.45, 7) is 13.1. The van der Waals surface area contributed by atoms with Gasteiger partial charge in [0.25, 0.3) is 0 Å². The first-order valence-electron chi connectivity index (χ1n) is 3.20. The molecule has 1 nitrogen and oxygen atoms in total. The minimum atomic E-state index is 0.688. The molecule has 0 unspecified atom stereocenters. The first-order chi connectivity index (χ1) is 4.13. The summed E-state index contributed by atoms with van der Waals surface area (Å²) in [5.74, 6) is 0. The molecule has 0 saturated heterocycles. The molecule has 0 spiro atoms. The first kappa shape index (κ1) is 11.1. The highest BCUT2D eigenvalue weighted by Crippen LogP contribution is 1.98. The maximum atomic E-state index is 5.24. The molecule has 9 heavy (non-hydrogen) atoms. The van der Waals surface area contributed by atoms with Crippen LogP contribution >= 0.6 is 0 Å². The molecule has 0 aliphatic rings. The largest absolute Gasteiger partial charge is 0.402 e. The molecule has 0 heterocycles. The van der Waals surface area contributed by atoms with Gasteiger partial charge in [0.15, 0.2) is 0 Å². The molecule has 0 amide bonds. The van der Waals surface area contributed by atoms with E-state index in [-0.39, 0.29) is 0 Å². The molecular weight excluding hydrogens is 110 g/mol. The first-order valence-corrected chi connectivity index (χ1v) is 3.20. The van der Waals surface area contributed by atoms with Gasteiger partial charge in [-0.25, -0.2) is 0 Å². The van der Waals surface area contributed by atoms with E-state index < -0.39 is 0 Å². The van der Waals surface area contributed by atoms with E-state index in [1.165, 1.54) is 0 Å². The van der Waals surface area contributed by atoms with Crippen LogP contribution in [0.1, 0.15) is 27.2 Å². The monoisotopic (exact) mass is 127 g/mol. The average Bonchev–Trinajstić information content (AvgIpc) is 1.68. The van der Waals surface area contributed by atoms with Crippen LogP contribution in [0.2, 0.25) is 0 Å². The van der Waals surface area contributed by atoms with Crippen LogP contribution in [0, 0.1) is 0 Å². The predicted molar refractivity (Wildman–Crippen MR) is 44.1 cm³/mol. The van der Waals surface area contributed by atoms with Crippen LogP contribution in [0.15, 0.2) is 24.4 Å². The number of hydrogen-bond acceptors (Lipinski definition) is 1. The van der Waals surface area contributed by atoms with Crippen LogP contribution in [0.5, 0.6) is 0 Å². The van der Waals surface area contributed by atoms with Gasteiger partial charge in [-0.15, -0.1) is 0 Å². The minimum Gasteiger partial charge on any atom is -0.402 e. The smallest absolute Gasteiger partial charge is 0.00680 e. The highest BCUT2D eigenvalue weighted by molar-refractivity contribution is 5.02. The predicted octanol–water partition coefficient (Wildman–Crippen LogP) is 2.45. The lowest BCUT2D eigenvalue weighted by Crippen LogP contribution is -1.93. The number of hydrogen-bond donors (Lipinski definition) is 1. The normalized spacial score (nSPS) is 7.00. The second-order valence-corrected chi connectivity index (χ2v) is 1.79. The van der Waals surface area contributed by atoms with Crippen molar-refractivity contribution in [1.29, 1.82) is 0 Å². The van der Waals surface area contributed by atoms with Crippen molar-refractivity contribution in [3.05, 3.63) is 24.4 Å². The second-order valence-electron chi connectivity index (χ2n) is 1.79. The molecule has 0 aliphatic heterocycles. The molecule has 1 heteroatoms. The molecule has 54 valence electrons. The molecule has 0 atom stereocenters. The van der Waals surface area contributed by atoms with E-state index in [9.17, 15) is 0 Å². The van der Waals surface area contributed by atoms with Crippen LogP contribution in [0.25, 0.3) is 0 Å². The standard InChI is InChI=1S/C6H11N.C2H6/c1-5(2)4-6(3)7;1-2/h1,3-4,7H2,2H3;1-2H3. The van der Waals surface area contributed by atoms with Crippen molar-refractivity contribution >= 4 is 0 Å². The maximum absolute atomic E-state index is 5.24. The van der Waals surface area contributed by atoms with E-state index >= 15 is 0 Å². The van der Waals surface area contributed by atoms with Crippen molar-refractivity contribution in [2.45, 2.75) is 27.2 Å². The Labute approximate surface area is 58.3 Å². The van der Waals surface area contributed by atoms with Gasteiger partial charge >= 0.3 is 0 Å². The fourth-order valence-corrected chi connectivity index (χ4v) is 0.388. The van der Waals surface area contributed by atoms with Gasteiger partial charge in [0.05, 0.1) is 0 Å². The lowest BCUT2D eigenvalue weighted by Gasteiger charge is -1.93. The third kappa shape index (κ3) is 18.9. The van der Waals surface area contributed by atoms with E-state index in [0.29, 0.717) is 5.70 Å². The number of allylic oxidation sites excluding steroid dienone is 1. The lowest BCUT2D eigenvalue weighted by molar-refractivity contribution is 1.10. The van der Waals surface area contributed by atoms with Crippen LogP contribution in [0.4, 0.5) is 0 Å². The van der Waals surface area contributed by atoms with Gasteiger partial charge in [0.1, 0.15) is 0 Å². The fraction of sp³-hybridized carbons (Fsp3) is 0.500. The maximum Gasteiger partial charge on any atom is 0.00680 e. The highest BCUT2D eigenvalue weighted by atomic mass is 14.5. The quantitative estimate of drug-likeness (QED) is 0.566. The Hall–Kier alpha value is -0.720. The van der Waals surface area contributed by atoms with Crippen molar-refractivity contribution in [2.24, 2.45) is 5.73 Å². The zero-order valence-corrected chi connectivity index (χ0v) is 6.70. The molecule has 0 bridgehead atoms. The summed E-state index contributed by atoms with van der Waals surface area (Å²) < 4.78 is 0. The van der Waals surface area contributed by atoms with Gasteiger partial charge in [-0.3, -0.25) is 0 Å². The molecule has 0 aliphatic carbocycles. The molecule has 2 N–H and O–H groups in total.